The van der Waals surface area contributed by atoms with E-state index in [1.165, 1.54) is 32.2 Å². The first-order chi connectivity index (χ1) is 5.33. The van der Waals surface area contributed by atoms with Crippen LogP contribution >= 0.6 is 0 Å². The first kappa shape index (κ1) is 7.60. The predicted molar refractivity (Wildman–Crippen MR) is 47.6 cm³/mol. The van der Waals surface area contributed by atoms with Crippen LogP contribution in [0.25, 0.3) is 0 Å². The summed E-state index contributed by atoms with van der Waals surface area (Å²) >= 11 is 0. The quantitative estimate of drug-likeness (QED) is 0.588. The van der Waals surface area contributed by atoms with Gasteiger partial charge in [-0.15, -0.1) is 0 Å². The zero-order valence-electron chi connectivity index (χ0n) is 7.71. The minimum absolute atomic E-state index is 0.838. The Bertz CT molecular complexity index is 142. The van der Waals surface area contributed by atoms with Crippen LogP contribution in [0.2, 0.25) is 0 Å². The Kier molecular flexibility index (Phi) is 1.92. The van der Waals surface area contributed by atoms with Gasteiger partial charge in [-0.3, -0.25) is 4.90 Å². The number of hydrogen-bond acceptors (Lipinski definition) is 1. The van der Waals surface area contributed by atoms with Crippen LogP contribution in [0.3, 0.4) is 0 Å². The molecule has 2 fully saturated rings. The fraction of sp³-hybridized carbons (Fsp3) is 1.00. The summed E-state index contributed by atoms with van der Waals surface area (Å²) in [6, 6.07) is 1.84. The summed E-state index contributed by atoms with van der Waals surface area (Å²) in [6.07, 6.45) is 5.79. The van der Waals surface area contributed by atoms with Gasteiger partial charge in [-0.1, -0.05) is 6.92 Å². The molecule has 0 bridgehead atoms. The Balaban J connectivity index is 1.92. The molecule has 1 saturated carbocycles. The van der Waals surface area contributed by atoms with E-state index in [-0.39, 0.29) is 0 Å². The summed E-state index contributed by atoms with van der Waals surface area (Å²) in [4.78, 5) is 2.73. The smallest absolute Gasteiger partial charge is 0.0130 e. The van der Waals surface area contributed by atoms with E-state index in [1.807, 2.05) is 0 Å². The van der Waals surface area contributed by atoms with E-state index in [0.29, 0.717) is 0 Å². The summed E-state index contributed by atoms with van der Waals surface area (Å²) in [6.45, 7) is 6.05. The van der Waals surface area contributed by atoms with Gasteiger partial charge in [0.1, 0.15) is 0 Å². The van der Waals surface area contributed by atoms with Crippen molar-refractivity contribution in [2.24, 2.45) is 5.92 Å². The van der Waals surface area contributed by atoms with Crippen molar-refractivity contribution < 1.29 is 0 Å². The van der Waals surface area contributed by atoms with E-state index in [1.54, 1.807) is 0 Å². The lowest BCUT2D eigenvalue weighted by molar-refractivity contribution is 0.157. The van der Waals surface area contributed by atoms with Crippen LogP contribution in [0.4, 0.5) is 0 Å². The average molecular weight is 153 g/mol. The van der Waals surface area contributed by atoms with Gasteiger partial charge in [0.05, 0.1) is 0 Å². The molecular weight excluding hydrogens is 134 g/mol. The molecule has 1 aliphatic heterocycles. The van der Waals surface area contributed by atoms with Gasteiger partial charge >= 0.3 is 0 Å². The zero-order valence-corrected chi connectivity index (χ0v) is 7.71. The third-order valence-electron chi connectivity index (χ3n) is 3.46. The molecule has 0 aromatic rings. The maximum Gasteiger partial charge on any atom is 0.0130 e. The largest absolute Gasteiger partial charge is 0.297 e. The van der Waals surface area contributed by atoms with Crippen LogP contribution < -0.4 is 0 Å². The molecule has 2 rings (SSSR count). The minimum Gasteiger partial charge on any atom is -0.297 e. The molecule has 64 valence electrons. The van der Waals surface area contributed by atoms with Crippen molar-refractivity contribution in [1.82, 2.24) is 4.90 Å². The lowest BCUT2D eigenvalue weighted by atomic mass is 10.1. The number of piperidine rings is 1. The highest BCUT2D eigenvalue weighted by Gasteiger charge is 2.44. The van der Waals surface area contributed by atoms with Crippen molar-refractivity contribution in [2.45, 2.75) is 51.6 Å². The van der Waals surface area contributed by atoms with E-state index < -0.39 is 0 Å². The second kappa shape index (κ2) is 2.78. The highest BCUT2D eigenvalue weighted by molar-refractivity contribution is 4.99. The molecule has 1 aliphatic carbocycles. The normalized spacial score (nSPS) is 39.8. The highest BCUT2D eigenvalue weighted by atomic mass is 15.2. The summed E-state index contributed by atoms with van der Waals surface area (Å²) in [5, 5.41) is 0. The number of rotatable bonds is 2. The van der Waals surface area contributed by atoms with Crippen molar-refractivity contribution in [1.29, 1.82) is 0 Å². The summed E-state index contributed by atoms with van der Waals surface area (Å²) < 4.78 is 0. The van der Waals surface area contributed by atoms with E-state index in [4.69, 9.17) is 0 Å². The van der Waals surface area contributed by atoms with E-state index in [9.17, 15) is 0 Å². The molecule has 1 heterocycles. The Morgan fingerprint density at radius 2 is 2.36 bits per heavy atom. The molecule has 0 radical (unpaired) electrons. The van der Waals surface area contributed by atoms with Crippen molar-refractivity contribution in [3.05, 3.63) is 0 Å². The van der Waals surface area contributed by atoms with Gasteiger partial charge < -0.3 is 0 Å². The molecule has 2 aliphatic rings. The fourth-order valence-electron chi connectivity index (χ4n) is 2.43. The van der Waals surface area contributed by atoms with Crippen LogP contribution in [-0.4, -0.2) is 23.5 Å². The standard InChI is InChI=1S/C10H19N/c1-3-8(2)11-6-4-5-9-7-10(9)11/h8-10H,3-7H2,1-2H3. The number of fused-ring (bicyclic) bond motifs is 1. The number of hydrogen-bond donors (Lipinski definition) is 0. The second-order valence-electron chi connectivity index (χ2n) is 4.20. The first-order valence-corrected chi connectivity index (χ1v) is 5.08. The molecule has 0 N–H and O–H groups in total. The molecule has 3 unspecified atom stereocenters. The molecule has 1 heteroatoms. The van der Waals surface area contributed by atoms with Crippen molar-refractivity contribution >= 4 is 0 Å². The molecule has 0 aromatic carbocycles. The van der Waals surface area contributed by atoms with Crippen molar-refractivity contribution in [3.8, 4) is 0 Å². The van der Waals surface area contributed by atoms with E-state index in [2.05, 4.69) is 18.7 Å². The van der Waals surface area contributed by atoms with Gasteiger partial charge in [-0.25, -0.2) is 0 Å². The lowest BCUT2D eigenvalue weighted by Crippen LogP contribution is -2.38. The minimum atomic E-state index is 0.838. The Labute approximate surface area is 69.8 Å². The SMILES string of the molecule is CCC(C)N1CCCC2CC21. The topological polar surface area (TPSA) is 3.24 Å². The van der Waals surface area contributed by atoms with Gasteiger partial charge in [0, 0.05) is 12.1 Å². The summed E-state index contributed by atoms with van der Waals surface area (Å²) in [5.74, 6) is 1.10. The van der Waals surface area contributed by atoms with E-state index >= 15 is 0 Å². The summed E-state index contributed by atoms with van der Waals surface area (Å²) in [5.41, 5.74) is 0. The molecular formula is C10H19N. The maximum atomic E-state index is 2.73. The van der Waals surface area contributed by atoms with Gasteiger partial charge in [-0.2, -0.15) is 0 Å². The van der Waals surface area contributed by atoms with Crippen molar-refractivity contribution in [2.75, 3.05) is 6.54 Å². The first-order valence-electron chi connectivity index (χ1n) is 5.08. The van der Waals surface area contributed by atoms with Crippen LogP contribution in [0.5, 0.6) is 0 Å². The third-order valence-corrected chi connectivity index (χ3v) is 3.46. The Morgan fingerprint density at radius 1 is 1.55 bits per heavy atom. The summed E-state index contributed by atoms with van der Waals surface area (Å²) in [7, 11) is 0. The third kappa shape index (κ3) is 1.31. The number of nitrogens with zero attached hydrogens (tertiary/aromatic N) is 1. The molecule has 0 spiro atoms. The Hall–Kier alpha value is -0.0400. The zero-order chi connectivity index (χ0) is 7.84. The lowest BCUT2D eigenvalue weighted by Gasteiger charge is -2.31. The molecule has 0 amide bonds. The molecule has 0 aromatic heterocycles. The predicted octanol–water partition coefficient (Wildman–Crippen LogP) is 2.27. The molecule has 11 heavy (non-hydrogen) atoms. The molecule has 1 saturated heterocycles. The maximum absolute atomic E-state index is 2.73. The average Bonchev–Trinajstić information content (AvgIpc) is 2.80. The van der Waals surface area contributed by atoms with Crippen LogP contribution in [0.15, 0.2) is 0 Å². The van der Waals surface area contributed by atoms with Gasteiger partial charge in [-0.05, 0) is 45.1 Å². The van der Waals surface area contributed by atoms with Crippen molar-refractivity contribution in [3.63, 3.8) is 0 Å². The molecule has 3 atom stereocenters. The molecule has 1 nitrogen and oxygen atoms in total. The van der Waals surface area contributed by atoms with Crippen LogP contribution in [0.1, 0.15) is 39.5 Å². The number of likely N-dealkylation sites (tertiary alicyclic amines) is 1. The van der Waals surface area contributed by atoms with Crippen LogP contribution in [-0.2, 0) is 0 Å². The highest BCUT2D eigenvalue weighted by Crippen LogP contribution is 2.44. The van der Waals surface area contributed by atoms with Crippen LogP contribution in [0, 0.1) is 5.92 Å². The Morgan fingerprint density at radius 3 is 3.09 bits per heavy atom. The van der Waals surface area contributed by atoms with Gasteiger partial charge in [0.25, 0.3) is 0 Å². The monoisotopic (exact) mass is 153 g/mol. The van der Waals surface area contributed by atoms with Gasteiger partial charge in [0.15, 0.2) is 0 Å². The van der Waals surface area contributed by atoms with E-state index in [0.717, 1.165) is 18.0 Å². The fourth-order valence-corrected chi connectivity index (χ4v) is 2.43. The second-order valence-corrected chi connectivity index (χ2v) is 4.20. The van der Waals surface area contributed by atoms with Gasteiger partial charge in [0.2, 0.25) is 0 Å².